The van der Waals surface area contributed by atoms with Gasteiger partial charge in [0, 0.05) is 10.3 Å². The zero-order valence-corrected chi connectivity index (χ0v) is 13.7. The number of rotatable bonds is 3. The largest absolute Gasteiger partial charge is 0.351 e. The maximum Gasteiger partial charge on any atom is 0.318 e. The molecule has 8 heteroatoms. The molecule has 1 aliphatic rings. The number of primary amides is 1. The number of nitrogens with zero attached hydrogens (tertiary/aromatic N) is 2. The molecule has 2 aromatic rings. The van der Waals surface area contributed by atoms with Gasteiger partial charge >= 0.3 is 6.03 Å². The van der Waals surface area contributed by atoms with Gasteiger partial charge in [-0.1, -0.05) is 18.7 Å². The molecule has 0 radical (unpaired) electrons. The molecule has 0 saturated heterocycles. The van der Waals surface area contributed by atoms with Crippen LogP contribution in [0.1, 0.15) is 23.8 Å². The Balaban J connectivity index is 1.87. The highest BCUT2D eigenvalue weighted by molar-refractivity contribution is 8.00. The van der Waals surface area contributed by atoms with E-state index in [1.807, 2.05) is 0 Å². The van der Waals surface area contributed by atoms with Crippen molar-refractivity contribution in [3.8, 4) is 0 Å². The fourth-order valence-corrected chi connectivity index (χ4v) is 4.90. The second-order valence-corrected chi connectivity index (χ2v) is 7.46. The van der Waals surface area contributed by atoms with E-state index < -0.39 is 11.9 Å². The number of fused-ring (bicyclic) bond motifs is 3. The van der Waals surface area contributed by atoms with Crippen LogP contribution in [0, 0.1) is 5.92 Å². The van der Waals surface area contributed by atoms with Gasteiger partial charge in [0.1, 0.15) is 16.2 Å². The van der Waals surface area contributed by atoms with Gasteiger partial charge in [-0.05, 0) is 30.7 Å². The van der Waals surface area contributed by atoms with Crippen LogP contribution in [0.25, 0.3) is 10.2 Å². The number of hydrogen-bond donors (Lipinski definition) is 2. The van der Waals surface area contributed by atoms with E-state index in [2.05, 4.69) is 22.2 Å². The summed E-state index contributed by atoms with van der Waals surface area (Å²) in [5.41, 5.74) is 6.27. The van der Waals surface area contributed by atoms with Gasteiger partial charge in [-0.2, -0.15) is 0 Å². The lowest BCUT2D eigenvalue weighted by molar-refractivity contribution is -0.117. The predicted molar refractivity (Wildman–Crippen MR) is 87.1 cm³/mol. The number of nitrogens with two attached hydrogens (primary N) is 1. The van der Waals surface area contributed by atoms with Crippen molar-refractivity contribution in [2.75, 3.05) is 5.75 Å². The number of hydrogen-bond acceptors (Lipinski definition) is 6. The number of thiophene rings is 1. The first-order chi connectivity index (χ1) is 10.5. The van der Waals surface area contributed by atoms with Crippen molar-refractivity contribution < 1.29 is 9.59 Å². The Kier molecular flexibility index (Phi) is 4.30. The summed E-state index contributed by atoms with van der Waals surface area (Å²) in [6.07, 6.45) is 4.82. The van der Waals surface area contributed by atoms with E-state index in [0.29, 0.717) is 5.92 Å². The highest BCUT2D eigenvalue weighted by Gasteiger charge is 2.23. The van der Waals surface area contributed by atoms with Crippen LogP contribution in [-0.2, 0) is 17.6 Å². The number of carbonyl (C=O) groups is 2. The smallest absolute Gasteiger partial charge is 0.318 e. The van der Waals surface area contributed by atoms with Crippen molar-refractivity contribution >= 4 is 45.3 Å². The van der Waals surface area contributed by atoms with E-state index >= 15 is 0 Å². The van der Waals surface area contributed by atoms with Crippen molar-refractivity contribution in [1.29, 1.82) is 0 Å². The van der Waals surface area contributed by atoms with Gasteiger partial charge < -0.3 is 5.73 Å². The van der Waals surface area contributed by atoms with E-state index in [0.717, 1.165) is 28.1 Å². The Morgan fingerprint density at radius 2 is 2.32 bits per heavy atom. The molecule has 2 heterocycles. The SMILES string of the molecule is C[C@H]1CCc2c(sc3ncnc(SCC(=O)NC(N)=O)c23)C1. The van der Waals surface area contributed by atoms with Gasteiger partial charge in [0.2, 0.25) is 5.91 Å². The van der Waals surface area contributed by atoms with Crippen molar-refractivity contribution in [2.45, 2.75) is 31.2 Å². The van der Waals surface area contributed by atoms with E-state index in [1.165, 1.54) is 35.0 Å². The Bertz CT molecular complexity index is 744. The first-order valence-corrected chi connectivity index (χ1v) is 8.82. The Morgan fingerprint density at radius 3 is 3.09 bits per heavy atom. The Hall–Kier alpha value is -1.67. The zero-order valence-electron chi connectivity index (χ0n) is 12.1. The van der Waals surface area contributed by atoms with Gasteiger partial charge in [-0.3, -0.25) is 10.1 Å². The average Bonchev–Trinajstić information content (AvgIpc) is 2.82. The van der Waals surface area contributed by atoms with Crippen molar-refractivity contribution in [2.24, 2.45) is 11.7 Å². The highest BCUT2D eigenvalue weighted by Crippen LogP contribution is 2.40. The topological polar surface area (TPSA) is 98.0 Å². The second-order valence-electron chi connectivity index (χ2n) is 5.41. The number of nitrogens with one attached hydrogen (secondary N) is 1. The summed E-state index contributed by atoms with van der Waals surface area (Å²) in [6, 6.07) is -0.833. The number of aryl methyl sites for hydroxylation is 1. The summed E-state index contributed by atoms with van der Waals surface area (Å²) in [6.45, 7) is 2.27. The summed E-state index contributed by atoms with van der Waals surface area (Å²) in [4.78, 5) is 33.3. The van der Waals surface area contributed by atoms with E-state index in [4.69, 9.17) is 5.73 Å². The van der Waals surface area contributed by atoms with Crippen LogP contribution < -0.4 is 11.1 Å². The first-order valence-electron chi connectivity index (χ1n) is 7.02. The Morgan fingerprint density at radius 1 is 1.50 bits per heavy atom. The summed E-state index contributed by atoms with van der Waals surface area (Å²) < 4.78 is 0. The lowest BCUT2D eigenvalue weighted by Crippen LogP contribution is -2.36. The minimum absolute atomic E-state index is 0.107. The molecule has 1 atom stereocenters. The number of amides is 3. The number of thioether (sulfide) groups is 1. The molecular weight excluding hydrogens is 320 g/mol. The summed E-state index contributed by atoms with van der Waals surface area (Å²) >= 11 is 3.04. The quantitative estimate of drug-likeness (QED) is 0.661. The molecule has 3 rings (SSSR count). The molecule has 3 N–H and O–H groups in total. The minimum atomic E-state index is -0.833. The first kappa shape index (κ1) is 15.2. The number of aromatic nitrogens is 2. The molecule has 0 aromatic carbocycles. The molecule has 3 amide bonds. The molecule has 2 aromatic heterocycles. The molecule has 0 fully saturated rings. The molecule has 6 nitrogen and oxygen atoms in total. The molecule has 0 spiro atoms. The normalized spacial score (nSPS) is 17.2. The summed E-state index contributed by atoms with van der Waals surface area (Å²) in [7, 11) is 0. The monoisotopic (exact) mass is 336 g/mol. The van der Waals surface area contributed by atoms with Crippen LogP contribution in [0.15, 0.2) is 11.4 Å². The van der Waals surface area contributed by atoms with E-state index in [1.54, 1.807) is 11.3 Å². The molecule has 0 bridgehead atoms. The lowest BCUT2D eigenvalue weighted by Gasteiger charge is -2.18. The molecule has 1 aliphatic carbocycles. The maximum absolute atomic E-state index is 11.6. The van der Waals surface area contributed by atoms with Crippen LogP contribution in [0.4, 0.5) is 4.79 Å². The molecule has 0 aliphatic heterocycles. The second kappa shape index (κ2) is 6.21. The van der Waals surface area contributed by atoms with Crippen LogP contribution >= 0.6 is 23.1 Å². The maximum atomic E-state index is 11.6. The molecule has 0 unspecified atom stereocenters. The number of imide groups is 1. The Labute approximate surface area is 135 Å². The number of carbonyl (C=O) groups excluding carboxylic acids is 2. The molecule has 0 saturated carbocycles. The van der Waals surface area contributed by atoms with Gasteiger partial charge in [-0.25, -0.2) is 14.8 Å². The third-order valence-corrected chi connectivity index (χ3v) is 5.81. The predicted octanol–water partition coefficient (Wildman–Crippen LogP) is 2.10. The third kappa shape index (κ3) is 3.07. The van der Waals surface area contributed by atoms with Gasteiger partial charge in [-0.15, -0.1) is 11.3 Å². The fourth-order valence-electron chi connectivity index (χ4n) is 2.66. The summed E-state index contributed by atoms with van der Waals surface area (Å²) in [5, 5.41) is 3.94. The van der Waals surface area contributed by atoms with Gasteiger partial charge in [0.05, 0.1) is 5.75 Å². The number of urea groups is 1. The summed E-state index contributed by atoms with van der Waals surface area (Å²) in [5.74, 6) is 0.392. The third-order valence-electron chi connectivity index (χ3n) is 3.66. The van der Waals surface area contributed by atoms with Crippen LogP contribution in [0.5, 0.6) is 0 Å². The van der Waals surface area contributed by atoms with Crippen molar-refractivity contribution in [3.63, 3.8) is 0 Å². The van der Waals surface area contributed by atoms with E-state index in [9.17, 15) is 9.59 Å². The lowest BCUT2D eigenvalue weighted by atomic mass is 9.89. The minimum Gasteiger partial charge on any atom is -0.351 e. The average molecular weight is 336 g/mol. The van der Waals surface area contributed by atoms with Crippen LogP contribution in [0.2, 0.25) is 0 Å². The van der Waals surface area contributed by atoms with Crippen LogP contribution in [-0.4, -0.2) is 27.7 Å². The zero-order chi connectivity index (χ0) is 15.7. The van der Waals surface area contributed by atoms with Gasteiger partial charge in [0.25, 0.3) is 0 Å². The molecule has 116 valence electrons. The molecule has 22 heavy (non-hydrogen) atoms. The standard InChI is InChI=1S/C14H16N4O2S2/c1-7-2-3-8-9(4-7)22-13-11(8)12(16-6-17-13)21-5-10(19)18-14(15)20/h6-7H,2-5H2,1H3,(H3,15,18,19,20)/t7-/m0/s1. The van der Waals surface area contributed by atoms with Crippen LogP contribution in [0.3, 0.4) is 0 Å². The van der Waals surface area contributed by atoms with Gasteiger partial charge in [0.15, 0.2) is 0 Å². The molecular formula is C14H16N4O2S2. The van der Waals surface area contributed by atoms with Crippen molar-refractivity contribution in [1.82, 2.24) is 15.3 Å². The van der Waals surface area contributed by atoms with Crippen molar-refractivity contribution in [3.05, 3.63) is 16.8 Å². The fraction of sp³-hybridized carbons (Fsp3) is 0.429. The highest BCUT2D eigenvalue weighted by atomic mass is 32.2. The van der Waals surface area contributed by atoms with E-state index in [-0.39, 0.29) is 5.75 Å².